The van der Waals surface area contributed by atoms with Gasteiger partial charge in [-0.3, -0.25) is 0 Å². The number of hydrogen-bond acceptors (Lipinski definition) is 2. The van der Waals surface area contributed by atoms with Gasteiger partial charge in [0.2, 0.25) is 0 Å². The SMILES string of the molecule is C=C(O)c1ccc(Br)nc1C.CC. The Labute approximate surface area is 87.5 Å². The van der Waals surface area contributed by atoms with Gasteiger partial charge in [0.25, 0.3) is 0 Å². The predicted molar refractivity (Wildman–Crippen MR) is 59.7 cm³/mol. The van der Waals surface area contributed by atoms with Gasteiger partial charge in [-0.25, -0.2) is 4.98 Å². The molecule has 1 aromatic heterocycles. The van der Waals surface area contributed by atoms with Crippen LogP contribution in [0.15, 0.2) is 23.3 Å². The van der Waals surface area contributed by atoms with Crippen molar-refractivity contribution in [1.82, 2.24) is 4.98 Å². The van der Waals surface area contributed by atoms with Gasteiger partial charge < -0.3 is 5.11 Å². The molecule has 2 nitrogen and oxygen atoms in total. The first-order valence-electron chi connectivity index (χ1n) is 4.12. The fourth-order valence-corrected chi connectivity index (χ4v) is 1.23. The van der Waals surface area contributed by atoms with Gasteiger partial charge in [-0.2, -0.15) is 0 Å². The Morgan fingerprint density at radius 1 is 1.46 bits per heavy atom. The summed E-state index contributed by atoms with van der Waals surface area (Å²) in [6, 6.07) is 3.54. The van der Waals surface area contributed by atoms with Crippen LogP contribution in [0.2, 0.25) is 0 Å². The van der Waals surface area contributed by atoms with Crippen LogP contribution < -0.4 is 0 Å². The van der Waals surface area contributed by atoms with E-state index in [1.54, 1.807) is 12.1 Å². The molecule has 0 unspecified atom stereocenters. The van der Waals surface area contributed by atoms with Gasteiger partial charge in [0.1, 0.15) is 10.4 Å². The van der Waals surface area contributed by atoms with Gasteiger partial charge in [-0.1, -0.05) is 20.4 Å². The molecule has 72 valence electrons. The van der Waals surface area contributed by atoms with Crippen molar-refractivity contribution in [3.63, 3.8) is 0 Å². The average molecular weight is 244 g/mol. The fourth-order valence-electron chi connectivity index (χ4n) is 0.835. The van der Waals surface area contributed by atoms with Crippen LogP contribution in [0.5, 0.6) is 0 Å². The first-order valence-corrected chi connectivity index (χ1v) is 4.92. The predicted octanol–water partition coefficient (Wildman–Crippen LogP) is 3.71. The molecule has 1 heterocycles. The first-order chi connectivity index (χ1) is 6.11. The molecule has 0 fully saturated rings. The number of aliphatic hydroxyl groups is 1. The van der Waals surface area contributed by atoms with Gasteiger partial charge in [0.15, 0.2) is 0 Å². The number of rotatable bonds is 1. The lowest BCUT2D eigenvalue weighted by molar-refractivity contribution is 0.512. The first kappa shape index (κ1) is 12.2. The lowest BCUT2D eigenvalue weighted by Crippen LogP contribution is -1.90. The standard InChI is InChI=1S/C8H8BrNO.C2H6/c1-5-7(6(2)11)3-4-8(9)10-5;1-2/h3-4,11H,2H2,1H3;1-2H3. The molecule has 0 spiro atoms. The van der Waals surface area contributed by atoms with Crippen LogP contribution in [0.3, 0.4) is 0 Å². The normalized spacial score (nSPS) is 8.62. The molecule has 0 aliphatic carbocycles. The van der Waals surface area contributed by atoms with Gasteiger partial charge in [0.05, 0.1) is 0 Å². The zero-order valence-electron chi connectivity index (χ0n) is 8.13. The fraction of sp³-hybridized carbons (Fsp3) is 0.300. The highest BCUT2D eigenvalue weighted by Crippen LogP contribution is 2.15. The van der Waals surface area contributed by atoms with Crippen LogP contribution >= 0.6 is 15.9 Å². The molecule has 0 atom stereocenters. The van der Waals surface area contributed by atoms with E-state index in [4.69, 9.17) is 5.11 Å². The number of aliphatic hydroxyl groups excluding tert-OH is 1. The summed E-state index contributed by atoms with van der Waals surface area (Å²) in [4.78, 5) is 4.09. The van der Waals surface area contributed by atoms with Crippen molar-refractivity contribution >= 4 is 21.7 Å². The second kappa shape index (κ2) is 5.75. The highest BCUT2D eigenvalue weighted by atomic mass is 79.9. The second-order valence-electron chi connectivity index (χ2n) is 2.21. The molecule has 1 N–H and O–H groups in total. The van der Waals surface area contributed by atoms with Crippen molar-refractivity contribution in [1.29, 1.82) is 0 Å². The number of aromatic nitrogens is 1. The van der Waals surface area contributed by atoms with Gasteiger partial charge in [0, 0.05) is 11.3 Å². The van der Waals surface area contributed by atoms with Gasteiger partial charge >= 0.3 is 0 Å². The Morgan fingerprint density at radius 3 is 2.38 bits per heavy atom. The number of hydrogen-bond donors (Lipinski definition) is 1. The summed E-state index contributed by atoms with van der Waals surface area (Å²) in [6.07, 6.45) is 0. The molecule has 0 saturated heterocycles. The number of nitrogens with zero attached hydrogens (tertiary/aromatic N) is 1. The van der Waals surface area contributed by atoms with Crippen LogP contribution in [0.4, 0.5) is 0 Å². The van der Waals surface area contributed by atoms with E-state index in [0.29, 0.717) is 5.56 Å². The maximum absolute atomic E-state index is 9.05. The molecule has 0 aliphatic rings. The summed E-state index contributed by atoms with van der Waals surface area (Å²) in [5.41, 5.74) is 1.46. The Balaban J connectivity index is 0.000000671. The van der Waals surface area contributed by atoms with E-state index < -0.39 is 0 Å². The van der Waals surface area contributed by atoms with Crippen LogP contribution in [-0.2, 0) is 0 Å². The summed E-state index contributed by atoms with van der Waals surface area (Å²) in [7, 11) is 0. The van der Waals surface area contributed by atoms with Crippen molar-refractivity contribution in [3.8, 4) is 0 Å². The summed E-state index contributed by atoms with van der Waals surface area (Å²) in [5.74, 6) is 0.0579. The molecule has 0 aromatic carbocycles. The van der Waals surface area contributed by atoms with Crippen molar-refractivity contribution in [2.45, 2.75) is 20.8 Å². The third-order valence-electron chi connectivity index (χ3n) is 1.36. The summed E-state index contributed by atoms with van der Waals surface area (Å²) >= 11 is 3.22. The number of aryl methyl sites for hydroxylation is 1. The second-order valence-corrected chi connectivity index (χ2v) is 3.03. The lowest BCUT2D eigenvalue weighted by atomic mass is 10.2. The molecular weight excluding hydrogens is 230 g/mol. The lowest BCUT2D eigenvalue weighted by Gasteiger charge is -2.01. The largest absolute Gasteiger partial charge is 0.508 e. The van der Waals surface area contributed by atoms with Crippen molar-refractivity contribution in [2.24, 2.45) is 0 Å². The van der Waals surface area contributed by atoms with Crippen LogP contribution in [0.1, 0.15) is 25.1 Å². The van der Waals surface area contributed by atoms with Gasteiger partial charge in [-0.05, 0) is 35.0 Å². The molecule has 0 saturated carbocycles. The van der Waals surface area contributed by atoms with E-state index in [0.717, 1.165) is 10.3 Å². The van der Waals surface area contributed by atoms with E-state index in [2.05, 4.69) is 27.5 Å². The third kappa shape index (κ3) is 3.59. The Hall–Kier alpha value is -0.830. The van der Waals surface area contributed by atoms with Crippen LogP contribution in [-0.4, -0.2) is 10.1 Å². The van der Waals surface area contributed by atoms with Crippen LogP contribution in [0, 0.1) is 6.92 Å². The molecule has 0 bridgehead atoms. The van der Waals surface area contributed by atoms with E-state index in [-0.39, 0.29) is 5.76 Å². The molecule has 0 amide bonds. The summed E-state index contributed by atoms with van der Waals surface area (Å²) < 4.78 is 0.764. The molecule has 13 heavy (non-hydrogen) atoms. The Morgan fingerprint density at radius 2 is 2.00 bits per heavy atom. The molecule has 0 radical (unpaired) electrons. The summed E-state index contributed by atoms with van der Waals surface area (Å²) in [6.45, 7) is 9.24. The average Bonchev–Trinajstić information content (AvgIpc) is 2.07. The molecule has 0 aliphatic heterocycles. The van der Waals surface area contributed by atoms with Gasteiger partial charge in [-0.15, -0.1) is 0 Å². The summed E-state index contributed by atoms with van der Waals surface area (Å²) in [5, 5.41) is 9.05. The van der Waals surface area contributed by atoms with Crippen molar-refractivity contribution in [3.05, 3.63) is 34.6 Å². The zero-order chi connectivity index (χ0) is 10.4. The Bertz CT molecular complexity index is 297. The van der Waals surface area contributed by atoms with Crippen LogP contribution in [0.25, 0.3) is 5.76 Å². The topological polar surface area (TPSA) is 33.1 Å². The van der Waals surface area contributed by atoms with E-state index in [1.165, 1.54) is 0 Å². The molecular formula is C10H14BrNO. The maximum Gasteiger partial charge on any atom is 0.117 e. The van der Waals surface area contributed by atoms with Crippen molar-refractivity contribution in [2.75, 3.05) is 0 Å². The minimum atomic E-state index is 0.0579. The highest BCUT2D eigenvalue weighted by molar-refractivity contribution is 9.10. The molecule has 3 heteroatoms. The third-order valence-corrected chi connectivity index (χ3v) is 1.80. The smallest absolute Gasteiger partial charge is 0.117 e. The van der Waals surface area contributed by atoms with E-state index >= 15 is 0 Å². The maximum atomic E-state index is 9.05. The zero-order valence-corrected chi connectivity index (χ0v) is 9.72. The highest BCUT2D eigenvalue weighted by Gasteiger charge is 2.01. The van der Waals surface area contributed by atoms with E-state index in [1.807, 2.05) is 20.8 Å². The minimum Gasteiger partial charge on any atom is -0.508 e. The number of halogens is 1. The monoisotopic (exact) mass is 243 g/mol. The van der Waals surface area contributed by atoms with Crippen molar-refractivity contribution < 1.29 is 5.11 Å². The van der Waals surface area contributed by atoms with E-state index in [9.17, 15) is 0 Å². The molecule has 1 rings (SSSR count). The molecule has 1 aromatic rings. The minimum absolute atomic E-state index is 0.0579. The Kier molecular flexibility index (Phi) is 5.39. The number of pyridine rings is 1. The quantitative estimate of drug-likeness (QED) is 0.603.